The minimum absolute atomic E-state index is 0.0885. The lowest BCUT2D eigenvalue weighted by molar-refractivity contribution is -0.129. The van der Waals surface area contributed by atoms with Crippen LogP contribution in [0.5, 0.6) is 0 Å². The SMILES string of the molecule is CN(C(=O)CSc1cc(F)ccc1N)C1CCCCC1. The van der Waals surface area contributed by atoms with Crippen molar-refractivity contribution in [2.75, 3.05) is 18.5 Å². The number of hydrogen-bond donors (Lipinski definition) is 1. The second kappa shape index (κ2) is 6.97. The van der Waals surface area contributed by atoms with E-state index in [9.17, 15) is 9.18 Å². The van der Waals surface area contributed by atoms with Gasteiger partial charge in [0.05, 0.1) is 5.75 Å². The molecule has 1 aliphatic carbocycles. The fourth-order valence-corrected chi connectivity index (χ4v) is 3.46. The molecular weight excluding hydrogens is 275 g/mol. The van der Waals surface area contributed by atoms with E-state index in [1.165, 1.54) is 49.2 Å². The summed E-state index contributed by atoms with van der Waals surface area (Å²) >= 11 is 1.31. The molecule has 0 spiro atoms. The molecule has 1 aromatic carbocycles. The van der Waals surface area contributed by atoms with E-state index in [2.05, 4.69) is 0 Å². The molecule has 0 atom stereocenters. The lowest BCUT2D eigenvalue weighted by atomic mass is 9.94. The number of rotatable bonds is 4. The molecule has 5 heteroatoms. The monoisotopic (exact) mass is 296 g/mol. The van der Waals surface area contributed by atoms with Crippen molar-refractivity contribution in [3.8, 4) is 0 Å². The number of amides is 1. The first-order valence-corrected chi connectivity index (χ1v) is 8.00. The first-order chi connectivity index (χ1) is 9.58. The van der Waals surface area contributed by atoms with Gasteiger partial charge in [-0.1, -0.05) is 19.3 Å². The number of thioether (sulfide) groups is 1. The summed E-state index contributed by atoms with van der Waals surface area (Å²) in [6.45, 7) is 0. The number of anilines is 1. The smallest absolute Gasteiger partial charge is 0.232 e. The Morgan fingerprint density at radius 1 is 1.40 bits per heavy atom. The summed E-state index contributed by atoms with van der Waals surface area (Å²) in [5.74, 6) is 0.0704. The maximum absolute atomic E-state index is 13.2. The molecule has 1 saturated carbocycles. The Morgan fingerprint density at radius 3 is 2.80 bits per heavy atom. The van der Waals surface area contributed by atoms with Gasteiger partial charge in [-0.25, -0.2) is 4.39 Å². The van der Waals surface area contributed by atoms with Crippen molar-refractivity contribution in [3.05, 3.63) is 24.0 Å². The molecule has 1 aromatic rings. The average Bonchev–Trinajstić information content (AvgIpc) is 2.48. The molecule has 0 radical (unpaired) electrons. The Bertz CT molecular complexity index is 475. The van der Waals surface area contributed by atoms with Crippen molar-refractivity contribution < 1.29 is 9.18 Å². The average molecular weight is 296 g/mol. The molecule has 1 aliphatic rings. The fourth-order valence-electron chi connectivity index (χ4n) is 2.55. The molecule has 20 heavy (non-hydrogen) atoms. The minimum atomic E-state index is -0.324. The highest BCUT2D eigenvalue weighted by molar-refractivity contribution is 8.00. The zero-order valence-corrected chi connectivity index (χ0v) is 12.6. The minimum Gasteiger partial charge on any atom is -0.398 e. The van der Waals surface area contributed by atoms with Crippen molar-refractivity contribution in [1.82, 2.24) is 4.90 Å². The second-order valence-electron chi connectivity index (χ2n) is 5.27. The van der Waals surface area contributed by atoms with Crippen LogP contribution in [0.2, 0.25) is 0 Å². The van der Waals surface area contributed by atoms with E-state index < -0.39 is 0 Å². The van der Waals surface area contributed by atoms with Gasteiger partial charge in [0.1, 0.15) is 5.82 Å². The number of nitrogens with two attached hydrogens (primary N) is 1. The lowest BCUT2D eigenvalue weighted by Crippen LogP contribution is -2.39. The van der Waals surface area contributed by atoms with Crippen LogP contribution in [-0.4, -0.2) is 29.6 Å². The Kier molecular flexibility index (Phi) is 5.29. The van der Waals surface area contributed by atoms with Gasteiger partial charge in [-0.3, -0.25) is 4.79 Å². The topological polar surface area (TPSA) is 46.3 Å². The number of nitrogen functional groups attached to an aromatic ring is 1. The highest BCUT2D eigenvalue weighted by atomic mass is 32.2. The molecular formula is C15H21FN2OS. The van der Waals surface area contributed by atoms with Gasteiger partial charge in [0.2, 0.25) is 5.91 Å². The number of halogens is 1. The second-order valence-corrected chi connectivity index (χ2v) is 6.28. The largest absolute Gasteiger partial charge is 0.398 e. The number of carbonyl (C=O) groups excluding carboxylic acids is 1. The van der Waals surface area contributed by atoms with Gasteiger partial charge in [0, 0.05) is 23.7 Å². The molecule has 0 unspecified atom stereocenters. The summed E-state index contributed by atoms with van der Waals surface area (Å²) < 4.78 is 13.2. The maximum Gasteiger partial charge on any atom is 0.232 e. The van der Waals surface area contributed by atoms with Gasteiger partial charge in [-0.15, -0.1) is 11.8 Å². The number of hydrogen-bond acceptors (Lipinski definition) is 3. The number of nitrogens with zero attached hydrogens (tertiary/aromatic N) is 1. The number of carbonyl (C=O) groups is 1. The predicted molar refractivity (Wildman–Crippen MR) is 81.2 cm³/mol. The first-order valence-electron chi connectivity index (χ1n) is 7.01. The van der Waals surface area contributed by atoms with Crippen LogP contribution in [0.3, 0.4) is 0 Å². The zero-order chi connectivity index (χ0) is 14.5. The van der Waals surface area contributed by atoms with Gasteiger partial charge >= 0.3 is 0 Å². The summed E-state index contributed by atoms with van der Waals surface area (Å²) in [5.41, 5.74) is 6.30. The van der Waals surface area contributed by atoms with Crippen LogP contribution in [0, 0.1) is 5.82 Å². The molecule has 2 N–H and O–H groups in total. The quantitative estimate of drug-likeness (QED) is 0.685. The summed E-state index contributed by atoms with van der Waals surface area (Å²) in [7, 11) is 1.87. The third-order valence-electron chi connectivity index (χ3n) is 3.84. The third kappa shape index (κ3) is 3.88. The summed E-state index contributed by atoms with van der Waals surface area (Å²) in [6, 6.07) is 4.61. The molecule has 2 rings (SSSR count). The predicted octanol–water partition coefficient (Wildman–Crippen LogP) is 3.29. The Labute approximate surface area is 123 Å². The van der Waals surface area contributed by atoms with E-state index in [0.29, 0.717) is 22.4 Å². The number of benzene rings is 1. The Balaban J connectivity index is 1.89. The normalized spacial score (nSPS) is 16.1. The van der Waals surface area contributed by atoms with Crippen LogP contribution >= 0.6 is 11.8 Å². The molecule has 0 bridgehead atoms. The van der Waals surface area contributed by atoms with Crippen LogP contribution in [0.1, 0.15) is 32.1 Å². The van der Waals surface area contributed by atoms with Gasteiger partial charge in [0.15, 0.2) is 0 Å². The van der Waals surface area contributed by atoms with Crippen LogP contribution in [0.25, 0.3) is 0 Å². The Hall–Kier alpha value is -1.23. The molecule has 0 aromatic heterocycles. The molecule has 110 valence electrons. The van der Waals surface area contributed by atoms with E-state index >= 15 is 0 Å². The highest BCUT2D eigenvalue weighted by Gasteiger charge is 2.22. The molecule has 0 heterocycles. The van der Waals surface area contributed by atoms with E-state index in [1.54, 1.807) is 0 Å². The molecule has 3 nitrogen and oxygen atoms in total. The summed E-state index contributed by atoms with van der Waals surface area (Å²) in [6.07, 6.45) is 5.86. The van der Waals surface area contributed by atoms with Crippen LogP contribution in [0.15, 0.2) is 23.1 Å². The Morgan fingerprint density at radius 2 is 2.10 bits per heavy atom. The molecule has 0 saturated heterocycles. The van der Waals surface area contributed by atoms with E-state index in [1.807, 2.05) is 11.9 Å². The van der Waals surface area contributed by atoms with Crippen LogP contribution < -0.4 is 5.73 Å². The molecule has 1 fully saturated rings. The van der Waals surface area contributed by atoms with Crippen molar-refractivity contribution in [2.45, 2.75) is 43.0 Å². The van der Waals surface area contributed by atoms with Crippen molar-refractivity contribution in [3.63, 3.8) is 0 Å². The van der Waals surface area contributed by atoms with Gasteiger partial charge in [-0.2, -0.15) is 0 Å². The lowest BCUT2D eigenvalue weighted by Gasteiger charge is -2.31. The summed E-state index contributed by atoms with van der Waals surface area (Å²) in [4.78, 5) is 14.7. The van der Waals surface area contributed by atoms with Gasteiger partial charge < -0.3 is 10.6 Å². The van der Waals surface area contributed by atoms with E-state index in [-0.39, 0.29) is 11.7 Å². The van der Waals surface area contributed by atoms with Crippen molar-refractivity contribution >= 4 is 23.4 Å². The summed E-state index contributed by atoms with van der Waals surface area (Å²) in [5, 5.41) is 0. The van der Waals surface area contributed by atoms with Crippen molar-refractivity contribution in [1.29, 1.82) is 0 Å². The van der Waals surface area contributed by atoms with Crippen LogP contribution in [-0.2, 0) is 4.79 Å². The maximum atomic E-state index is 13.2. The molecule has 0 aliphatic heterocycles. The van der Waals surface area contributed by atoms with E-state index in [0.717, 1.165) is 12.8 Å². The fraction of sp³-hybridized carbons (Fsp3) is 0.533. The van der Waals surface area contributed by atoms with Crippen molar-refractivity contribution in [2.24, 2.45) is 0 Å². The highest BCUT2D eigenvalue weighted by Crippen LogP contribution is 2.27. The van der Waals surface area contributed by atoms with E-state index in [4.69, 9.17) is 5.73 Å². The van der Waals surface area contributed by atoms with Gasteiger partial charge in [-0.05, 0) is 31.0 Å². The zero-order valence-electron chi connectivity index (χ0n) is 11.8. The molecule has 1 amide bonds. The first kappa shape index (κ1) is 15.2. The van der Waals surface area contributed by atoms with Crippen LogP contribution in [0.4, 0.5) is 10.1 Å². The standard InChI is InChI=1S/C15H21FN2OS/c1-18(12-5-3-2-4-6-12)15(19)10-20-14-9-11(16)7-8-13(14)17/h7-9,12H,2-6,10,17H2,1H3. The third-order valence-corrected chi connectivity index (χ3v) is 4.90. The van der Waals surface area contributed by atoms with Gasteiger partial charge in [0.25, 0.3) is 0 Å².